The number of benzene rings is 1. The molecule has 7 heteroatoms. The molecule has 0 spiro atoms. The zero-order valence-electron chi connectivity index (χ0n) is 7.60. The maximum absolute atomic E-state index is 13.1. The Morgan fingerprint density at radius 1 is 1.40 bits per heavy atom. The fraction of sp³-hybridized carbons (Fsp3) is 0.125. The van der Waals surface area contributed by atoms with Crippen LogP contribution < -0.4 is 11.3 Å². The summed E-state index contributed by atoms with van der Waals surface area (Å²) in [5.41, 5.74) is 1.67. The maximum atomic E-state index is 13.1. The average Bonchev–Trinajstić information content (AvgIpc) is 2.17. The Bertz CT molecular complexity index is 473. The van der Waals surface area contributed by atoms with Crippen molar-refractivity contribution in [1.29, 1.82) is 0 Å². The SMILES string of the molecule is NNC(=O)CS(=O)(=O)c1ccccc1F. The van der Waals surface area contributed by atoms with E-state index in [1.165, 1.54) is 12.1 Å². The highest BCUT2D eigenvalue weighted by molar-refractivity contribution is 7.92. The normalized spacial score (nSPS) is 11.1. The Morgan fingerprint density at radius 3 is 2.53 bits per heavy atom. The van der Waals surface area contributed by atoms with E-state index >= 15 is 0 Å². The molecule has 0 aliphatic heterocycles. The van der Waals surface area contributed by atoms with E-state index in [0.29, 0.717) is 0 Å². The number of nitrogens with one attached hydrogen (secondary N) is 1. The summed E-state index contributed by atoms with van der Waals surface area (Å²) in [7, 11) is -3.97. The molecule has 0 heterocycles. The second-order valence-corrected chi connectivity index (χ2v) is 4.72. The number of hydrazine groups is 1. The van der Waals surface area contributed by atoms with Gasteiger partial charge in [0.25, 0.3) is 0 Å². The molecule has 1 aromatic rings. The highest BCUT2D eigenvalue weighted by Gasteiger charge is 2.21. The van der Waals surface area contributed by atoms with E-state index in [2.05, 4.69) is 0 Å². The van der Waals surface area contributed by atoms with Crippen LogP contribution in [0, 0.1) is 5.82 Å². The quantitative estimate of drug-likeness (QED) is 0.421. The maximum Gasteiger partial charge on any atom is 0.249 e. The standard InChI is InChI=1S/C8H9FN2O3S/c9-6-3-1-2-4-7(6)15(13,14)5-8(12)11-10/h1-4H,5,10H2,(H,11,12). The first-order valence-corrected chi connectivity index (χ1v) is 5.59. The summed E-state index contributed by atoms with van der Waals surface area (Å²) in [6.07, 6.45) is 0. The van der Waals surface area contributed by atoms with Crippen molar-refractivity contribution in [2.24, 2.45) is 5.84 Å². The first-order chi connectivity index (χ1) is 6.97. The fourth-order valence-corrected chi connectivity index (χ4v) is 2.22. The largest absolute Gasteiger partial charge is 0.293 e. The van der Waals surface area contributed by atoms with Gasteiger partial charge >= 0.3 is 0 Å². The van der Waals surface area contributed by atoms with Gasteiger partial charge in [-0.1, -0.05) is 12.1 Å². The van der Waals surface area contributed by atoms with Gasteiger partial charge < -0.3 is 0 Å². The third-order valence-electron chi connectivity index (χ3n) is 1.65. The van der Waals surface area contributed by atoms with Crippen molar-refractivity contribution in [2.45, 2.75) is 4.90 Å². The van der Waals surface area contributed by atoms with E-state index in [1.54, 1.807) is 5.43 Å². The van der Waals surface area contributed by atoms with Crippen LogP contribution in [0.25, 0.3) is 0 Å². The molecule has 0 radical (unpaired) electrons. The van der Waals surface area contributed by atoms with Gasteiger partial charge in [-0.05, 0) is 12.1 Å². The summed E-state index contributed by atoms with van der Waals surface area (Å²) in [6, 6.07) is 4.83. The molecular weight excluding hydrogens is 223 g/mol. The van der Waals surface area contributed by atoms with Crippen molar-refractivity contribution in [3.63, 3.8) is 0 Å². The van der Waals surface area contributed by atoms with Crippen molar-refractivity contribution >= 4 is 15.7 Å². The number of sulfone groups is 1. The molecule has 15 heavy (non-hydrogen) atoms. The average molecular weight is 232 g/mol. The lowest BCUT2D eigenvalue weighted by Crippen LogP contribution is -2.35. The minimum absolute atomic E-state index is 0.506. The lowest BCUT2D eigenvalue weighted by molar-refractivity contribution is -0.118. The molecule has 0 atom stereocenters. The number of hydrogen-bond acceptors (Lipinski definition) is 4. The molecule has 82 valence electrons. The molecule has 0 saturated heterocycles. The second-order valence-electron chi connectivity index (χ2n) is 2.76. The molecule has 3 N–H and O–H groups in total. The van der Waals surface area contributed by atoms with Crippen LogP contribution in [0.15, 0.2) is 29.2 Å². The first-order valence-electron chi connectivity index (χ1n) is 3.94. The Balaban J connectivity index is 3.07. The Morgan fingerprint density at radius 2 is 2.00 bits per heavy atom. The molecule has 1 rings (SSSR count). The van der Waals surface area contributed by atoms with Gasteiger partial charge in [0, 0.05) is 0 Å². The molecule has 0 bridgehead atoms. The fourth-order valence-electron chi connectivity index (χ4n) is 0.989. The monoisotopic (exact) mass is 232 g/mol. The molecule has 0 fully saturated rings. The summed E-state index contributed by atoms with van der Waals surface area (Å²) in [6.45, 7) is 0. The highest BCUT2D eigenvalue weighted by Crippen LogP contribution is 2.14. The van der Waals surface area contributed by atoms with Crippen molar-refractivity contribution < 1.29 is 17.6 Å². The zero-order chi connectivity index (χ0) is 11.5. The van der Waals surface area contributed by atoms with E-state index in [1.807, 2.05) is 0 Å². The molecule has 0 aliphatic carbocycles. The van der Waals surface area contributed by atoms with E-state index in [4.69, 9.17) is 5.84 Å². The lowest BCUT2D eigenvalue weighted by Gasteiger charge is -2.03. The molecular formula is C8H9FN2O3S. The third-order valence-corrected chi connectivity index (χ3v) is 3.30. The van der Waals surface area contributed by atoms with E-state index in [9.17, 15) is 17.6 Å². The molecule has 0 aliphatic rings. The van der Waals surface area contributed by atoms with Crippen LogP contribution in [-0.4, -0.2) is 20.1 Å². The molecule has 5 nitrogen and oxygen atoms in total. The van der Waals surface area contributed by atoms with Gasteiger partial charge in [0.2, 0.25) is 5.91 Å². The predicted molar refractivity (Wildman–Crippen MR) is 50.8 cm³/mol. The van der Waals surface area contributed by atoms with Gasteiger partial charge in [0.15, 0.2) is 9.84 Å². The summed E-state index contributed by atoms with van der Waals surface area (Å²) in [4.78, 5) is 10.3. The number of hydrogen-bond donors (Lipinski definition) is 2. The molecule has 1 amide bonds. The molecule has 1 aromatic carbocycles. The lowest BCUT2D eigenvalue weighted by atomic mass is 10.3. The number of carbonyl (C=O) groups is 1. The van der Waals surface area contributed by atoms with Crippen LogP contribution in [0.2, 0.25) is 0 Å². The van der Waals surface area contributed by atoms with Crippen LogP contribution >= 0.6 is 0 Å². The van der Waals surface area contributed by atoms with Crippen molar-refractivity contribution in [3.05, 3.63) is 30.1 Å². The number of amides is 1. The van der Waals surface area contributed by atoms with E-state index in [-0.39, 0.29) is 0 Å². The minimum atomic E-state index is -3.97. The Kier molecular flexibility index (Phi) is 3.38. The molecule has 0 saturated carbocycles. The van der Waals surface area contributed by atoms with Crippen LogP contribution in [0.3, 0.4) is 0 Å². The minimum Gasteiger partial charge on any atom is -0.293 e. The number of rotatable bonds is 3. The van der Waals surface area contributed by atoms with Gasteiger partial charge in [0.1, 0.15) is 16.5 Å². The number of carbonyl (C=O) groups excluding carboxylic acids is 1. The van der Waals surface area contributed by atoms with Gasteiger partial charge in [0.05, 0.1) is 0 Å². The third kappa shape index (κ3) is 2.74. The van der Waals surface area contributed by atoms with E-state index in [0.717, 1.165) is 12.1 Å². The van der Waals surface area contributed by atoms with Crippen molar-refractivity contribution in [2.75, 3.05) is 5.75 Å². The van der Waals surface area contributed by atoms with Crippen LogP contribution in [0.4, 0.5) is 4.39 Å². The van der Waals surface area contributed by atoms with Crippen LogP contribution in [0.1, 0.15) is 0 Å². The van der Waals surface area contributed by atoms with Gasteiger partial charge in [-0.15, -0.1) is 0 Å². The van der Waals surface area contributed by atoms with Gasteiger partial charge in [-0.25, -0.2) is 18.7 Å². The Labute approximate surface area is 86.0 Å². The summed E-state index contributed by atoms with van der Waals surface area (Å²) in [5, 5.41) is 0. The summed E-state index contributed by atoms with van der Waals surface area (Å²) < 4.78 is 36.0. The van der Waals surface area contributed by atoms with Crippen LogP contribution in [-0.2, 0) is 14.6 Å². The summed E-state index contributed by atoms with van der Waals surface area (Å²) >= 11 is 0. The van der Waals surface area contributed by atoms with Gasteiger partial charge in [-0.3, -0.25) is 10.2 Å². The highest BCUT2D eigenvalue weighted by atomic mass is 32.2. The van der Waals surface area contributed by atoms with Crippen molar-refractivity contribution in [3.8, 4) is 0 Å². The topological polar surface area (TPSA) is 89.3 Å². The second kappa shape index (κ2) is 4.37. The van der Waals surface area contributed by atoms with Crippen LogP contribution in [0.5, 0.6) is 0 Å². The van der Waals surface area contributed by atoms with Crippen molar-refractivity contribution in [1.82, 2.24) is 5.43 Å². The Hall–Kier alpha value is -1.47. The predicted octanol–water partition coefficient (Wildman–Crippen LogP) is -0.411. The zero-order valence-corrected chi connectivity index (χ0v) is 8.42. The van der Waals surface area contributed by atoms with E-state index < -0.39 is 32.2 Å². The smallest absolute Gasteiger partial charge is 0.249 e. The molecule has 0 aromatic heterocycles. The number of nitrogens with two attached hydrogens (primary N) is 1. The molecule has 0 unspecified atom stereocenters. The first kappa shape index (κ1) is 11.6. The van der Waals surface area contributed by atoms with Gasteiger partial charge in [-0.2, -0.15) is 0 Å². The summed E-state index contributed by atoms with van der Waals surface area (Å²) in [5.74, 6) is 2.09. The number of halogens is 1.